The van der Waals surface area contributed by atoms with Gasteiger partial charge >= 0.3 is 5.97 Å². The van der Waals surface area contributed by atoms with Crippen LogP contribution in [0.5, 0.6) is 5.88 Å². The second-order valence-corrected chi connectivity index (χ2v) is 8.48. The Morgan fingerprint density at radius 1 is 1.03 bits per heavy atom. The molecule has 0 unspecified atom stereocenters. The Bertz CT molecular complexity index is 1630. The maximum absolute atomic E-state index is 13.0. The number of carbonyl (C=O) groups excluding carboxylic acids is 2. The van der Waals surface area contributed by atoms with Crippen molar-refractivity contribution >= 4 is 39.4 Å². The lowest BCUT2D eigenvalue weighted by Crippen LogP contribution is -2.27. The number of ether oxygens (including phenoxy) is 1. The minimum absolute atomic E-state index is 0.0547. The summed E-state index contributed by atoms with van der Waals surface area (Å²) in [4.78, 5) is 31.7. The van der Waals surface area contributed by atoms with Gasteiger partial charge in [0.25, 0.3) is 0 Å². The molecule has 37 heavy (non-hydrogen) atoms. The largest absolute Gasteiger partial charge is 0.494 e. The second-order valence-electron chi connectivity index (χ2n) is 8.48. The van der Waals surface area contributed by atoms with Crippen LogP contribution < -0.4 is 10.6 Å². The van der Waals surface area contributed by atoms with Crippen molar-refractivity contribution in [2.75, 3.05) is 19.0 Å². The summed E-state index contributed by atoms with van der Waals surface area (Å²) < 4.78 is 17.8. The molecule has 0 radical (unpaired) electrons. The number of nitrogens with one attached hydrogen (secondary N) is 3. The Morgan fingerprint density at radius 3 is 2.62 bits per heavy atom. The standard InChI is InChI=1S/C28H23FN4O4/c1-37-28(36)18-4-9-21-24(13-18)33-27(35)26(21)23-10-5-17-12-20(8-11-22(17)32-23)31-25(34)15-30-14-16-2-6-19(29)7-3-16/h2-13,30,33,35H,14-15H2,1H3,(H,31,34). The first-order valence-electron chi connectivity index (χ1n) is 11.5. The number of aromatic nitrogens is 2. The molecular formula is C28H23FN4O4. The van der Waals surface area contributed by atoms with Gasteiger partial charge in [0.15, 0.2) is 5.88 Å². The predicted octanol–water partition coefficient (Wildman–Crippen LogP) is 4.74. The Kier molecular flexibility index (Phi) is 6.53. The molecule has 1 amide bonds. The molecule has 2 heterocycles. The first kappa shape index (κ1) is 24.0. The maximum Gasteiger partial charge on any atom is 0.337 e. The quantitative estimate of drug-likeness (QED) is 0.241. The molecule has 3 aromatic carbocycles. The second kappa shape index (κ2) is 10.1. The molecule has 0 spiro atoms. The van der Waals surface area contributed by atoms with Gasteiger partial charge in [-0.2, -0.15) is 0 Å². The minimum atomic E-state index is -0.465. The van der Waals surface area contributed by atoms with E-state index in [0.717, 1.165) is 10.9 Å². The van der Waals surface area contributed by atoms with E-state index in [9.17, 15) is 19.1 Å². The van der Waals surface area contributed by atoms with Crippen molar-refractivity contribution in [2.24, 2.45) is 0 Å². The molecule has 2 aromatic heterocycles. The number of aromatic hydroxyl groups is 1. The highest BCUT2D eigenvalue weighted by atomic mass is 19.1. The Balaban J connectivity index is 1.30. The van der Waals surface area contributed by atoms with Crippen LogP contribution in [0.15, 0.2) is 72.8 Å². The number of aromatic amines is 1. The van der Waals surface area contributed by atoms with Crippen molar-refractivity contribution in [3.63, 3.8) is 0 Å². The topological polar surface area (TPSA) is 116 Å². The minimum Gasteiger partial charge on any atom is -0.494 e. The fraction of sp³-hybridized carbons (Fsp3) is 0.107. The highest BCUT2D eigenvalue weighted by Crippen LogP contribution is 2.37. The number of hydrogen-bond acceptors (Lipinski definition) is 6. The number of benzene rings is 3. The summed E-state index contributed by atoms with van der Waals surface area (Å²) in [7, 11) is 1.31. The molecule has 0 aliphatic carbocycles. The number of methoxy groups -OCH3 is 1. The summed E-state index contributed by atoms with van der Waals surface area (Å²) >= 11 is 0. The van der Waals surface area contributed by atoms with Crippen LogP contribution in [-0.4, -0.2) is 40.6 Å². The number of fused-ring (bicyclic) bond motifs is 2. The van der Waals surface area contributed by atoms with E-state index in [0.29, 0.717) is 45.5 Å². The molecule has 0 atom stereocenters. The van der Waals surface area contributed by atoms with E-state index in [1.54, 1.807) is 48.5 Å². The number of hydrogen-bond donors (Lipinski definition) is 4. The lowest BCUT2D eigenvalue weighted by Gasteiger charge is -2.09. The third kappa shape index (κ3) is 5.12. The maximum atomic E-state index is 13.0. The number of esters is 1. The summed E-state index contributed by atoms with van der Waals surface area (Å²) in [5.74, 6) is -1.03. The van der Waals surface area contributed by atoms with Crippen molar-refractivity contribution in [1.29, 1.82) is 0 Å². The van der Waals surface area contributed by atoms with Gasteiger partial charge in [-0.15, -0.1) is 0 Å². The summed E-state index contributed by atoms with van der Waals surface area (Å²) in [5, 5.41) is 18.0. The number of nitrogens with zero attached hydrogens (tertiary/aromatic N) is 1. The lowest BCUT2D eigenvalue weighted by molar-refractivity contribution is -0.115. The zero-order chi connectivity index (χ0) is 25.9. The van der Waals surface area contributed by atoms with Crippen LogP contribution in [0.1, 0.15) is 15.9 Å². The molecule has 0 aliphatic heterocycles. The van der Waals surface area contributed by atoms with Crippen molar-refractivity contribution in [3.05, 3.63) is 89.7 Å². The van der Waals surface area contributed by atoms with Gasteiger partial charge in [0.2, 0.25) is 5.91 Å². The van der Waals surface area contributed by atoms with Gasteiger partial charge in [-0.25, -0.2) is 14.2 Å². The van der Waals surface area contributed by atoms with Crippen molar-refractivity contribution in [1.82, 2.24) is 15.3 Å². The molecule has 9 heteroatoms. The summed E-state index contributed by atoms with van der Waals surface area (Å²) in [6.45, 7) is 0.549. The first-order valence-corrected chi connectivity index (χ1v) is 11.5. The number of anilines is 1. The molecule has 0 bridgehead atoms. The third-order valence-corrected chi connectivity index (χ3v) is 5.96. The molecule has 0 saturated carbocycles. The van der Waals surface area contributed by atoms with E-state index < -0.39 is 5.97 Å². The monoisotopic (exact) mass is 498 g/mol. The Labute approximate surface area is 211 Å². The number of pyridine rings is 1. The van der Waals surface area contributed by atoms with E-state index in [2.05, 4.69) is 20.6 Å². The molecular weight excluding hydrogens is 475 g/mol. The van der Waals surface area contributed by atoms with Gasteiger partial charge in [0.05, 0.1) is 36.0 Å². The third-order valence-electron chi connectivity index (χ3n) is 5.96. The number of halogens is 1. The molecule has 186 valence electrons. The smallest absolute Gasteiger partial charge is 0.337 e. The highest BCUT2D eigenvalue weighted by molar-refractivity contribution is 6.03. The van der Waals surface area contributed by atoms with Crippen LogP contribution in [0.4, 0.5) is 10.1 Å². The molecule has 5 rings (SSSR count). The Morgan fingerprint density at radius 2 is 1.84 bits per heavy atom. The SMILES string of the molecule is COC(=O)c1ccc2c(-c3ccc4cc(NC(=O)CNCc5ccc(F)cc5)ccc4n3)c(O)[nH]c2c1. The summed E-state index contributed by atoms with van der Waals surface area (Å²) in [6, 6.07) is 20.1. The molecule has 0 aliphatic rings. The summed E-state index contributed by atoms with van der Waals surface area (Å²) in [6.07, 6.45) is 0. The zero-order valence-electron chi connectivity index (χ0n) is 19.8. The van der Waals surface area contributed by atoms with Crippen LogP contribution in [0.2, 0.25) is 0 Å². The van der Waals surface area contributed by atoms with Gasteiger partial charge in [-0.05, 0) is 54.1 Å². The van der Waals surface area contributed by atoms with Gasteiger partial charge < -0.3 is 25.5 Å². The Hall–Kier alpha value is -4.76. The number of carbonyl (C=O) groups is 2. The van der Waals surface area contributed by atoms with Crippen molar-refractivity contribution in [3.8, 4) is 17.1 Å². The number of H-pyrrole nitrogens is 1. The van der Waals surface area contributed by atoms with Crippen molar-refractivity contribution in [2.45, 2.75) is 6.54 Å². The number of amides is 1. The van der Waals surface area contributed by atoms with E-state index in [1.807, 2.05) is 12.1 Å². The van der Waals surface area contributed by atoms with Crippen LogP contribution in [0.3, 0.4) is 0 Å². The molecule has 8 nitrogen and oxygen atoms in total. The van der Waals surface area contributed by atoms with E-state index >= 15 is 0 Å². The highest BCUT2D eigenvalue weighted by Gasteiger charge is 2.17. The molecule has 4 N–H and O–H groups in total. The molecule has 0 fully saturated rings. The first-order chi connectivity index (χ1) is 17.9. The zero-order valence-corrected chi connectivity index (χ0v) is 19.8. The molecule has 5 aromatic rings. The average molecular weight is 499 g/mol. The normalized spacial score (nSPS) is 11.1. The van der Waals surface area contributed by atoms with Crippen LogP contribution in [0, 0.1) is 5.82 Å². The van der Waals surface area contributed by atoms with Crippen LogP contribution in [-0.2, 0) is 16.1 Å². The lowest BCUT2D eigenvalue weighted by atomic mass is 10.1. The fourth-order valence-corrected chi connectivity index (χ4v) is 4.16. The summed E-state index contributed by atoms with van der Waals surface area (Å²) in [5.41, 5.74) is 4.23. The predicted molar refractivity (Wildman–Crippen MR) is 139 cm³/mol. The van der Waals surface area contributed by atoms with Gasteiger partial charge in [-0.3, -0.25) is 4.79 Å². The van der Waals surface area contributed by atoms with E-state index in [4.69, 9.17) is 4.74 Å². The van der Waals surface area contributed by atoms with Crippen LogP contribution in [0.25, 0.3) is 33.1 Å². The van der Waals surface area contributed by atoms with Gasteiger partial charge in [0.1, 0.15) is 5.82 Å². The average Bonchev–Trinajstić information content (AvgIpc) is 3.23. The van der Waals surface area contributed by atoms with Gasteiger partial charge in [-0.1, -0.05) is 24.3 Å². The van der Waals surface area contributed by atoms with E-state index in [-0.39, 0.29) is 24.1 Å². The fourth-order valence-electron chi connectivity index (χ4n) is 4.16. The van der Waals surface area contributed by atoms with E-state index in [1.165, 1.54) is 19.2 Å². The van der Waals surface area contributed by atoms with Gasteiger partial charge in [0, 0.05) is 28.5 Å². The van der Waals surface area contributed by atoms with Crippen LogP contribution >= 0.6 is 0 Å². The van der Waals surface area contributed by atoms with Crippen molar-refractivity contribution < 1.29 is 23.8 Å². The molecule has 0 saturated heterocycles. The number of rotatable bonds is 7.